The van der Waals surface area contributed by atoms with Gasteiger partial charge in [0.25, 0.3) is 0 Å². The van der Waals surface area contributed by atoms with Crippen molar-refractivity contribution in [2.75, 3.05) is 30.7 Å². The summed E-state index contributed by atoms with van der Waals surface area (Å²) in [5.41, 5.74) is 11.9. The molecule has 3 N–H and O–H groups in total. The van der Waals surface area contributed by atoms with E-state index in [1.165, 1.54) is 4.31 Å². The molecule has 31 heavy (non-hydrogen) atoms. The standard InChI is InChI=1S/C23H23N5O2S/c24-23-22(31(29,30)28-11-1-2-12-28)14-18(15-27-23)17-3-4-21-20(13-17)19(7-10-26-21)16-5-8-25-9-6-16/h3-9,13-15,26H,1-2,10-12H2,(H2,24,27). The Morgan fingerprint density at radius 1 is 0.968 bits per heavy atom. The maximum atomic E-state index is 13.1. The Labute approximate surface area is 181 Å². The summed E-state index contributed by atoms with van der Waals surface area (Å²) in [7, 11) is -3.66. The van der Waals surface area contributed by atoms with Crippen LogP contribution < -0.4 is 11.1 Å². The van der Waals surface area contributed by atoms with Crippen LogP contribution in [0.2, 0.25) is 0 Å². The molecule has 1 saturated heterocycles. The Kier molecular flexibility index (Phi) is 4.95. The first-order valence-electron chi connectivity index (χ1n) is 10.3. The van der Waals surface area contributed by atoms with Crippen molar-refractivity contribution < 1.29 is 8.42 Å². The summed E-state index contributed by atoms with van der Waals surface area (Å²) in [6, 6.07) is 11.7. The molecule has 7 nitrogen and oxygen atoms in total. The number of nitrogens with zero attached hydrogens (tertiary/aromatic N) is 3. The molecule has 0 unspecified atom stereocenters. The smallest absolute Gasteiger partial charge is 0.246 e. The zero-order valence-corrected chi connectivity index (χ0v) is 17.8. The van der Waals surface area contributed by atoms with Gasteiger partial charge in [-0.05, 0) is 59.9 Å². The van der Waals surface area contributed by atoms with Crippen LogP contribution in [0.1, 0.15) is 24.0 Å². The minimum Gasteiger partial charge on any atom is -0.383 e. The number of nitrogen functional groups attached to an aromatic ring is 1. The quantitative estimate of drug-likeness (QED) is 0.654. The third kappa shape index (κ3) is 3.58. The molecule has 0 bridgehead atoms. The largest absolute Gasteiger partial charge is 0.383 e. The first-order chi connectivity index (χ1) is 15.0. The maximum Gasteiger partial charge on any atom is 0.246 e. The Morgan fingerprint density at radius 2 is 1.74 bits per heavy atom. The van der Waals surface area contributed by atoms with Crippen molar-refractivity contribution in [3.63, 3.8) is 0 Å². The van der Waals surface area contributed by atoms with Crippen molar-refractivity contribution in [3.8, 4) is 11.1 Å². The van der Waals surface area contributed by atoms with Crippen molar-refractivity contribution in [2.24, 2.45) is 0 Å². The number of anilines is 2. The molecule has 0 saturated carbocycles. The molecule has 5 rings (SSSR count). The number of aromatic nitrogens is 2. The van der Waals surface area contributed by atoms with Crippen LogP contribution in [-0.2, 0) is 10.0 Å². The minimum atomic E-state index is -3.66. The number of hydrogen-bond donors (Lipinski definition) is 2. The summed E-state index contributed by atoms with van der Waals surface area (Å²) in [6.07, 6.45) is 9.07. The van der Waals surface area contributed by atoms with E-state index in [1.807, 2.05) is 24.3 Å². The van der Waals surface area contributed by atoms with Gasteiger partial charge in [-0.15, -0.1) is 0 Å². The third-order valence-corrected chi connectivity index (χ3v) is 7.73. The Balaban J connectivity index is 1.57. The fourth-order valence-corrected chi connectivity index (χ4v) is 5.78. The van der Waals surface area contributed by atoms with E-state index in [2.05, 4.69) is 27.4 Å². The summed E-state index contributed by atoms with van der Waals surface area (Å²) >= 11 is 0. The molecular formula is C23H23N5O2S. The van der Waals surface area contributed by atoms with Crippen LogP contribution >= 0.6 is 0 Å². The second-order valence-electron chi connectivity index (χ2n) is 7.71. The van der Waals surface area contributed by atoms with E-state index in [0.717, 1.165) is 52.9 Å². The number of pyridine rings is 2. The first kappa shape index (κ1) is 19.7. The van der Waals surface area contributed by atoms with E-state index in [4.69, 9.17) is 5.73 Å². The summed E-state index contributed by atoms with van der Waals surface area (Å²) in [5, 5.41) is 3.39. The molecule has 0 atom stereocenters. The molecule has 8 heteroatoms. The highest BCUT2D eigenvalue weighted by Crippen LogP contribution is 2.36. The SMILES string of the molecule is Nc1ncc(-c2ccc3c(c2)C(c2ccncc2)=CCN3)cc1S(=O)(=O)N1CCCC1. The van der Waals surface area contributed by atoms with Crippen LogP contribution in [0.3, 0.4) is 0 Å². The molecule has 2 aromatic heterocycles. The summed E-state index contributed by atoms with van der Waals surface area (Å²) < 4.78 is 27.7. The first-order valence-corrected chi connectivity index (χ1v) is 11.7. The number of hydrogen-bond acceptors (Lipinski definition) is 6. The molecule has 3 aromatic rings. The van der Waals surface area contributed by atoms with E-state index < -0.39 is 10.0 Å². The highest BCUT2D eigenvalue weighted by Gasteiger charge is 2.30. The summed E-state index contributed by atoms with van der Waals surface area (Å²) in [6.45, 7) is 1.79. The van der Waals surface area contributed by atoms with Crippen molar-refractivity contribution >= 4 is 27.1 Å². The van der Waals surface area contributed by atoms with Gasteiger partial charge in [0.2, 0.25) is 10.0 Å². The fraction of sp³-hybridized carbons (Fsp3) is 0.217. The molecule has 2 aliphatic heterocycles. The van der Waals surface area contributed by atoms with Gasteiger partial charge in [0.1, 0.15) is 10.7 Å². The Hall–Kier alpha value is -3.23. The van der Waals surface area contributed by atoms with Crippen molar-refractivity contribution in [1.29, 1.82) is 0 Å². The molecule has 4 heterocycles. The number of sulfonamides is 1. The normalized spacial score (nSPS) is 16.5. The molecule has 0 spiro atoms. The third-order valence-electron chi connectivity index (χ3n) is 5.80. The number of benzene rings is 1. The molecule has 1 fully saturated rings. The number of rotatable bonds is 4. The maximum absolute atomic E-state index is 13.1. The van der Waals surface area contributed by atoms with Gasteiger partial charge in [0.05, 0.1) is 0 Å². The van der Waals surface area contributed by atoms with E-state index in [-0.39, 0.29) is 10.7 Å². The van der Waals surface area contributed by atoms with Crippen LogP contribution in [0, 0.1) is 0 Å². The predicted molar refractivity (Wildman–Crippen MR) is 122 cm³/mol. The Morgan fingerprint density at radius 3 is 2.52 bits per heavy atom. The van der Waals surface area contributed by atoms with Crippen LogP contribution in [0.25, 0.3) is 16.7 Å². The second-order valence-corrected chi connectivity index (χ2v) is 9.62. The van der Waals surface area contributed by atoms with E-state index in [1.54, 1.807) is 24.7 Å². The molecule has 1 aromatic carbocycles. The van der Waals surface area contributed by atoms with Gasteiger partial charge in [0.15, 0.2) is 0 Å². The molecule has 2 aliphatic rings. The zero-order chi connectivity index (χ0) is 21.4. The van der Waals surface area contributed by atoms with Crippen LogP contribution in [0.5, 0.6) is 0 Å². The number of fused-ring (bicyclic) bond motifs is 1. The van der Waals surface area contributed by atoms with E-state index in [9.17, 15) is 8.42 Å². The Bertz CT molecular complexity index is 1270. The molecule has 0 radical (unpaired) electrons. The average molecular weight is 434 g/mol. The summed E-state index contributed by atoms with van der Waals surface area (Å²) in [5.74, 6) is 0.0349. The van der Waals surface area contributed by atoms with E-state index in [0.29, 0.717) is 13.1 Å². The lowest BCUT2D eigenvalue weighted by molar-refractivity contribution is 0.477. The van der Waals surface area contributed by atoms with Crippen LogP contribution in [-0.4, -0.2) is 42.3 Å². The van der Waals surface area contributed by atoms with Crippen LogP contribution in [0.15, 0.2) is 66.0 Å². The molecule has 0 amide bonds. The van der Waals surface area contributed by atoms with Gasteiger partial charge in [0, 0.05) is 55.0 Å². The zero-order valence-electron chi connectivity index (χ0n) is 17.0. The van der Waals surface area contributed by atoms with Gasteiger partial charge in [-0.25, -0.2) is 13.4 Å². The monoisotopic (exact) mass is 433 g/mol. The molecule has 158 valence electrons. The van der Waals surface area contributed by atoms with Gasteiger partial charge in [-0.3, -0.25) is 4.98 Å². The molecular weight excluding hydrogens is 410 g/mol. The predicted octanol–water partition coefficient (Wildman–Crippen LogP) is 3.37. The summed E-state index contributed by atoms with van der Waals surface area (Å²) in [4.78, 5) is 8.40. The minimum absolute atomic E-state index is 0.0349. The van der Waals surface area contributed by atoms with Gasteiger partial charge < -0.3 is 11.1 Å². The lowest BCUT2D eigenvalue weighted by atomic mass is 9.92. The van der Waals surface area contributed by atoms with Gasteiger partial charge in [-0.1, -0.05) is 12.1 Å². The number of nitrogens with two attached hydrogens (primary N) is 1. The lowest BCUT2D eigenvalue weighted by Crippen LogP contribution is -2.28. The fourth-order valence-electron chi connectivity index (χ4n) is 4.17. The van der Waals surface area contributed by atoms with Crippen LogP contribution in [0.4, 0.5) is 11.5 Å². The highest BCUT2D eigenvalue weighted by atomic mass is 32.2. The lowest BCUT2D eigenvalue weighted by Gasteiger charge is -2.21. The topological polar surface area (TPSA) is 101 Å². The van der Waals surface area contributed by atoms with E-state index >= 15 is 0 Å². The van der Waals surface area contributed by atoms with Crippen molar-refractivity contribution in [1.82, 2.24) is 14.3 Å². The number of nitrogens with one attached hydrogen (secondary N) is 1. The average Bonchev–Trinajstić information content (AvgIpc) is 3.35. The van der Waals surface area contributed by atoms with Crippen molar-refractivity contribution in [3.05, 3.63) is 72.2 Å². The highest BCUT2D eigenvalue weighted by molar-refractivity contribution is 7.89. The van der Waals surface area contributed by atoms with Crippen molar-refractivity contribution in [2.45, 2.75) is 17.7 Å². The van der Waals surface area contributed by atoms with Gasteiger partial charge >= 0.3 is 0 Å². The molecule has 0 aliphatic carbocycles. The second kappa shape index (κ2) is 7.79. The van der Waals surface area contributed by atoms with Gasteiger partial charge in [-0.2, -0.15) is 4.31 Å².